The predicted molar refractivity (Wildman–Crippen MR) is 159 cm³/mol. The lowest BCUT2D eigenvalue weighted by molar-refractivity contribution is 0.102. The summed E-state index contributed by atoms with van der Waals surface area (Å²) in [7, 11) is 0. The molecule has 5 aromatic heterocycles. The van der Waals surface area contributed by atoms with Crippen LogP contribution < -0.4 is 5.32 Å². The molecule has 9 heteroatoms. The number of para-hydroxylation sites is 1. The number of fused-ring (bicyclic) bond motifs is 2. The van der Waals surface area contributed by atoms with Crippen LogP contribution in [0.4, 0.5) is 0 Å². The van der Waals surface area contributed by atoms with Gasteiger partial charge >= 0.3 is 0 Å². The number of hydrogen-bond acceptors (Lipinski definition) is 7. The molecule has 0 aliphatic heterocycles. The number of pyridine rings is 2. The van der Waals surface area contributed by atoms with Crippen molar-refractivity contribution in [3.8, 4) is 33.2 Å². The van der Waals surface area contributed by atoms with Crippen molar-refractivity contribution in [3.63, 3.8) is 0 Å². The second-order valence-corrected chi connectivity index (χ2v) is 11.6. The maximum absolute atomic E-state index is 11.8. The van der Waals surface area contributed by atoms with E-state index in [1.54, 1.807) is 6.92 Å². The number of H-pyrrole nitrogens is 2. The first kappa shape index (κ1) is 24.8. The number of aromatic amines is 2. The highest BCUT2D eigenvalue weighted by Gasteiger charge is 2.18. The molecule has 1 fully saturated rings. The van der Waals surface area contributed by atoms with E-state index in [4.69, 9.17) is 9.97 Å². The van der Waals surface area contributed by atoms with Crippen LogP contribution >= 0.6 is 11.3 Å². The van der Waals surface area contributed by atoms with Crippen LogP contribution in [0.15, 0.2) is 61.1 Å². The van der Waals surface area contributed by atoms with Crippen LogP contribution in [0.25, 0.3) is 55.2 Å². The van der Waals surface area contributed by atoms with Gasteiger partial charge in [-0.15, -0.1) is 11.3 Å². The largest absolute Gasteiger partial charge is 0.337 e. The number of hydrogen-bond donors (Lipinski definition) is 3. The first-order valence-electron chi connectivity index (χ1n) is 13.7. The summed E-state index contributed by atoms with van der Waals surface area (Å²) in [6, 6.07) is 14.1. The van der Waals surface area contributed by atoms with Crippen molar-refractivity contribution < 1.29 is 4.79 Å². The third-order valence-electron chi connectivity index (χ3n) is 7.73. The molecule has 5 heterocycles. The van der Waals surface area contributed by atoms with Gasteiger partial charge in [0.05, 0.1) is 33.3 Å². The average molecular weight is 548 g/mol. The van der Waals surface area contributed by atoms with Crippen molar-refractivity contribution in [2.45, 2.75) is 39.2 Å². The van der Waals surface area contributed by atoms with Crippen molar-refractivity contribution in [2.75, 3.05) is 6.54 Å². The number of thiophene rings is 1. The van der Waals surface area contributed by atoms with Crippen molar-refractivity contribution >= 4 is 39.1 Å². The molecule has 0 unspecified atom stereocenters. The zero-order valence-corrected chi connectivity index (χ0v) is 23.0. The molecular formula is C31H29N7OS. The van der Waals surface area contributed by atoms with Crippen LogP contribution in [-0.4, -0.2) is 42.5 Å². The maximum Gasteiger partial charge on any atom is 0.169 e. The number of benzene rings is 1. The van der Waals surface area contributed by atoms with E-state index in [0.29, 0.717) is 5.82 Å². The Balaban J connectivity index is 1.20. The van der Waals surface area contributed by atoms with Gasteiger partial charge in [0.15, 0.2) is 11.6 Å². The zero-order valence-electron chi connectivity index (χ0n) is 22.2. The van der Waals surface area contributed by atoms with E-state index in [1.165, 1.54) is 37.0 Å². The van der Waals surface area contributed by atoms with Gasteiger partial charge in [-0.2, -0.15) is 5.10 Å². The first-order chi connectivity index (χ1) is 19.6. The van der Waals surface area contributed by atoms with Crippen molar-refractivity contribution in [3.05, 3.63) is 71.5 Å². The van der Waals surface area contributed by atoms with Crippen molar-refractivity contribution in [1.29, 1.82) is 0 Å². The summed E-state index contributed by atoms with van der Waals surface area (Å²) in [6.45, 7) is 3.46. The summed E-state index contributed by atoms with van der Waals surface area (Å²) in [6.07, 6.45) is 11.0. The molecule has 0 radical (unpaired) electrons. The molecule has 1 aliphatic rings. The standard InChI is InChI=1S/C31H29N7OS/c1-18(39)27-9-10-28(40-27)22-7-4-8-24-29(22)36-31(35-24)30-23-12-25(34-17-26(23)37-38-30)21-11-20(15-33-16-21)14-32-13-19-5-2-3-6-19/h4,7-12,15-17,19,32H,2-3,5-6,13-14H2,1H3,(H,35,36)(H,37,38). The number of carbonyl (C=O) groups is 1. The third kappa shape index (κ3) is 4.71. The minimum atomic E-state index is 0.0691. The van der Waals surface area contributed by atoms with E-state index >= 15 is 0 Å². The molecule has 8 nitrogen and oxygen atoms in total. The van der Waals surface area contributed by atoms with Crippen LogP contribution in [0.3, 0.4) is 0 Å². The fourth-order valence-corrected chi connectivity index (χ4v) is 6.56. The Morgan fingerprint density at radius 3 is 2.83 bits per heavy atom. The zero-order chi connectivity index (χ0) is 27.1. The number of nitrogens with one attached hydrogen (secondary N) is 3. The summed E-state index contributed by atoms with van der Waals surface area (Å²) < 4.78 is 0. The number of rotatable bonds is 8. The Labute approximate surface area is 235 Å². The fraction of sp³-hybridized carbons (Fsp3) is 0.258. The summed E-state index contributed by atoms with van der Waals surface area (Å²) in [5.74, 6) is 1.55. The third-order valence-corrected chi connectivity index (χ3v) is 8.95. The number of nitrogens with zero attached hydrogens (tertiary/aromatic N) is 4. The van der Waals surface area contributed by atoms with Crippen molar-refractivity contribution in [1.82, 2.24) is 35.5 Å². The van der Waals surface area contributed by atoms with Gasteiger partial charge < -0.3 is 10.3 Å². The summed E-state index contributed by atoms with van der Waals surface area (Å²) in [5.41, 5.74) is 7.29. The fourth-order valence-electron chi connectivity index (χ4n) is 5.63. The molecule has 1 saturated carbocycles. The van der Waals surface area contributed by atoms with Gasteiger partial charge in [-0.25, -0.2) is 4.98 Å². The Hall–Kier alpha value is -4.21. The molecule has 200 valence electrons. The quantitative estimate of drug-likeness (QED) is 0.181. The number of carbonyl (C=O) groups excluding carboxylic acids is 1. The van der Waals surface area contributed by atoms with Gasteiger partial charge in [0.2, 0.25) is 0 Å². The summed E-state index contributed by atoms with van der Waals surface area (Å²) in [4.78, 5) is 31.2. The second kappa shape index (κ2) is 10.4. The molecule has 1 aromatic carbocycles. The molecule has 6 aromatic rings. The Morgan fingerprint density at radius 1 is 1.07 bits per heavy atom. The molecule has 0 amide bonds. The highest BCUT2D eigenvalue weighted by molar-refractivity contribution is 7.17. The highest BCUT2D eigenvalue weighted by atomic mass is 32.1. The van der Waals surface area contributed by atoms with Gasteiger partial charge in [0, 0.05) is 40.3 Å². The second-order valence-electron chi connectivity index (χ2n) is 10.6. The minimum absolute atomic E-state index is 0.0691. The minimum Gasteiger partial charge on any atom is -0.337 e. The molecule has 3 N–H and O–H groups in total. The molecule has 0 bridgehead atoms. The van der Waals surface area contributed by atoms with Gasteiger partial charge in [0.1, 0.15) is 5.69 Å². The van der Waals surface area contributed by atoms with E-state index in [0.717, 1.165) is 78.8 Å². The molecular weight excluding hydrogens is 518 g/mol. The van der Waals surface area contributed by atoms with Crippen LogP contribution in [-0.2, 0) is 6.54 Å². The van der Waals surface area contributed by atoms with Crippen LogP contribution in [0.1, 0.15) is 47.8 Å². The lowest BCUT2D eigenvalue weighted by Crippen LogP contribution is -2.20. The molecule has 0 saturated heterocycles. The topological polar surface area (TPSA) is 112 Å². The van der Waals surface area contributed by atoms with Crippen molar-refractivity contribution in [2.24, 2.45) is 5.92 Å². The number of ketones is 1. The van der Waals surface area contributed by atoms with Gasteiger partial charge in [0.25, 0.3) is 0 Å². The molecule has 40 heavy (non-hydrogen) atoms. The molecule has 1 aliphatic carbocycles. The van der Waals surface area contributed by atoms with Gasteiger partial charge in [-0.05, 0) is 68.1 Å². The summed E-state index contributed by atoms with van der Waals surface area (Å²) in [5, 5.41) is 12.2. The highest BCUT2D eigenvalue weighted by Crippen LogP contribution is 2.35. The predicted octanol–water partition coefficient (Wildman–Crippen LogP) is 6.77. The molecule has 0 spiro atoms. The van der Waals surface area contributed by atoms with E-state index < -0.39 is 0 Å². The SMILES string of the molecule is CC(=O)c1ccc(-c2cccc3[nH]c(-c4n[nH]c5cnc(-c6cncc(CNCC7CCCC7)c6)cc45)nc23)s1. The normalized spacial score (nSPS) is 14.0. The smallest absolute Gasteiger partial charge is 0.169 e. The van der Waals surface area contributed by atoms with Crippen LogP contribution in [0.2, 0.25) is 0 Å². The van der Waals surface area contributed by atoms with E-state index in [-0.39, 0.29) is 5.78 Å². The first-order valence-corrected chi connectivity index (χ1v) is 14.5. The Kier molecular flexibility index (Phi) is 6.45. The van der Waals surface area contributed by atoms with Crippen LogP contribution in [0, 0.1) is 5.92 Å². The number of Topliss-reactive ketones (excluding diaryl/α,β-unsaturated/α-hetero) is 1. The molecule has 7 rings (SSSR count). The van der Waals surface area contributed by atoms with E-state index in [1.807, 2.05) is 55.0 Å². The van der Waals surface area contributed by atoms with Crippen LogP contribution in [0.5, 0.6) is 0 Å². The lowest BCUT2D eigenvalue weighted by atomic mass is 10.1. The number of aromatic nitrogens is 6. The maximum atomic E-state index is 11.8. The average Bonchev–Trinajstić information content (AvgIpc) is 3.78. The number of imidazole rings is 1. The molecule has 0 atom stereocenters. The van der Waals surface area contributed by atoms with Gasteiger partial charge in [-0.1, -0.05) is 25.0 Å². The lowest BCUT2D eigenvalue weighted by Gasteiger charge is -2.11. The monoisotopic (exact) mass is 547 g/mol. The Bertz CT molecular complexity index is 1840. The van der Waals surface area contributed by atoms with E-state index in [9.17, 15) is 4.79 Å². The summed E-state index contributed by atoms with van der Waals surface area (Å²) >= 11 is 1.49. The Morgan fingerprint density at radius 2 is 1.98 bits per heavy atom. The van der Waals surface area contributed by atoms with E-state index in [2.05, 4.69) is 31.5 Å². The van der Waals surface area contributed by atoms with Gasteiger partial charge in [-0.3, -0.25) is 19.9 Å².